The predicted molar refractivity (Wildman–Crippen MR) is 122 cm³/mol. The number of nitrogens with zero attached hydrogens (tertiary/aromatic N) is 2. The monoisotopic (exact) mass is 437 g/mol. The minimum absolute atomic E-state index is 0.0126. The van der Waals surface area contributed by atoms with Crippen molar-refractivity contribution in [1.82, 2.24) is 14.5 Å². The van der Waals surface area contributed by atoms with E-state index in [4.69, 9.17) is 0 Å². The first-order chi connectivity index (χ1) is 13.8. The molecule has 1 saturated heterocycles. The minimum atomic E-state index is -3.57. The molecule has 0 saturated carbocycles. The highest BCUT2D eigenvalue weighted by molar-refractivity contribution is 7.89. The van der Waals surface area contributed by atoms with Gasteiger partial charge in [0.15, 0.2) is 0 Å². The Balaban J connectivity index is 2.05. The number of carbonyl (C=O) groups is 1. The first-order valence-electron chi connectivity index (χ1n) is 10.8. The van der Waals surface area contributed by atoms with E-state index in [1.807, 2.05) is 47.9 Å². The van der Waals surface area contributed by atoms with Crippen molar-refractivity contribution in [3.63, 3.8) is 0 Å². The molecule has 0 spiro atoms. The topological polar surface area (TPSA) is 69.7 Å². The van der Waals surface area contributed by atoms with Crippen LogP contribution in [0.2, 0.25) is 0 Å². The maximum atomic E-state index is 13.4. The van der Waals surface area contributed by atoms with Crippen molar-refractivity contribution >= 4 is 15.9 Å². The van der Waals surface area contributed by atoms with Crippen LogP contribution in [0.1, 0.15) is 48.9 Å². The maximum absolute atomic E-state index is 13.4. The molecule has 2 rings (SSSR count). The average molecular weight is 438 g/mol. The van der Waals surface area contributed by atoms with Crippen molar-refractivity contribution in [1.29, 1.82) is 0 Å². The molecule has 170 valence electrons. The van der Waals surface area contributed by atoms with E-state index >= 15 is 0 Å². The molecule has 0 atom stereocenters. The van der Waals surface area contributed by atoms with E-state index in [1.54, 1.807) is 4.31 Å². The second kappa shape index (κ2) is 9.37. The van der Waals surface area contributed by atoms with Gasteiger partial charge in [0, 0.05) is 32.1 Å². The quantitative estimate of drug-likeness (QED) is 0.712. The van der Waals surface area contributed by atoms with E-state index in [9.17, 15) is 13.2 Å². The first kappa shape index (κ1) is 24.8. The largest absolute Gasteiger partial charge is 0.355 e. The van der Waals surface area contributed by atoms with E-state index in [0.29, 0.717) is 37.4 Å². The number of sulfonamides is 1. The minimum Gasteiger partial charge on any atom is -0.355 e. The molecule has 30 heavy (non-hydrogen) atoms. The number of aryl methyl sites for hydroxylation is 2. The Morgan fingerprint density at radius 1 is 1.10 bits per heavy atom. The van der Waals surface area contributed by atoms with Crippen molar-refractivity contribution in [2.75, 3.05) is 40.3 Å². The van der Waals surface area contributed by atoms with Gasteiger partial charge in [0.25, 0.3) is 0 Å². The van der Waals surface area contributed by atoms with E-state index in [-0.39, 0.29) is 17.2 Å². The van der Waals surface area contributed by atoms with Crippen LogP contribution < -0.4 is 5.32 Å². The van der Waals surface area contributed by atoms with Crippen LogP contribution in [-0.2, 0) is 14.8 Å². The van der Waals surface area contributed by atoms with Crippen LogP contribution in [0.3, 0.4) is 0 Å². The molecule has 1 aliphatic rings. The number of rotatable bonds is 7. The van der Waals surface area contributed by atoms with Crippen LogP contribution in [0.4, 0.5) is 0 Å². The Kier molecular flexibility index (Phi) is 7.75. The van der Waals surface area contributed by atoms with Gasteiger partial charge in [-0.1, -0.05) is 19.9 Å². The fraction of sp³-hybridized carbons (Fsp3) is 0.696. The van der Waals surface area contributed by atoms with Gasteiger partial charge >= 0.3 is 0 Å². The Hall–Kier alpha value is -1.44. The summed E-state index contributed by atoms with van der Waals surface area (Å²) in [6, 6.07) is 2.04. The van der Waals surface area contributed by atoms with E-state index < -0.39 is 10.0 Å². The third-order valence-corrected chi connectivity index (χ3v) is 8.38. The summed E-state index contributed by atoms with van der Waals surface area (Å²) in [5.41, 5.74) is 3.61. The third-order valence-electron chi connectivity index (χ3n) is 6.21. The zero-order valence-corrected chi connectivity index (χ0v) is 20.7. The zero-order chi connectivity index (χ0) is 22.9. The highest BCUT2D eigenvalue weighted by Gasteiger charge is 2.34. The smallest absolute Gasteiger partial charge is 0.243 e. The summed E-state index contributed by atoms with van der Waals surface area (Å²) in [6.07, 6.45) is 1.12. The van der Waals surface area contributed by atoms with Crippen molar-refractivity contribution in [2.24, 2.45) is 11.3 Å². The van der Waals surface area contributed by atoms with Gasteiger partial charge in [0.05, 0.1) is 4.90 Å². The Morgan fingerprint density at radius 2 is 1.60 bits per heavy atom. The Morgan fingerprint density at radius 3 is 2.07 bits per heavy atom. The number of piperidine rings is 1. The molecular formula is C23H39N3O3S. The molecule has 1 amide bonds. The summed E-state index contributed by atoms with van der Waals surface area (Å²) in [7, 11) is 0.483. The maximum Gasteiger partial charge on any atom is 0.243 e. The highest BCUT2D eigenvalue weighted by Crippen LogP contribution is 2.31. The van der Waals surface area contributed by atoms with Crippen LogP contribution in [-0.4, -0.2) is 63.8 Å². The summed E-state index contributed by atoms with van der Waals surface area (Å²) in [6.45, 7) is 14.2. The van der Waals surface area contributed by atoms with Gasteiger partial charge in [-0.2, -0.15) is 4.31 Å². The van der Waals surface area contributed by atoms with Crippen molar-refractivity contribution in [3.8, 4) is 0 Å². The molecule has 0 radical (unpaired) electrons. The summed E-state index contributed by atoms with van der Waals surface area (Å²) >= 11 is 0. The second-order valence-corrected chi connectivity index (χ2v) is 11.8. The van der Waals surface area contributed by atoms with Crippen LogP contribution in [0.15, 0.2) is 11.0 Å². The molecule has 1 aromatic rings. The van der Waals surface area contributed by atoms with E-state index in [1.165, 1.54) is 0 Å². The van der Waals surface area contributed by atoms with Crippen molar-refractivity contribution in [3.05, 3.63) is 28.3 Å². The predicted octanol–water partition coefficient (Wildman–Crippen LogP) is 3.02. The van der Waals surface area contributed by atoms with Crippen LogP contribution in [0, 0.1) is 39.0 Å². The lowest BCUT2D eigenvalue weighted by molar-refractivity contribution is -0.126. The molecule has 1 aromatic carbocycles. The molecule has 1 N–H and O–H groups in total. The average Bonchev–Trinajstić information content (AvgIpc) is 2.63. The first-order valence-corrected chi connectivity index (χ1v) is 12.2. The lowest BCUT2D eigenvalue weighted by Gasteiger charge is -2.33. The molecule has 0 aliphatic carbocycles. The summed E-state index contributed by atoms with van der Waals surface area (Å²) in [5, 5.41) is 3.08. The molecule has 1 heterocycles. The van der Waals surface area contributed by atoms with Gasteiger partial charge in [0.2, 0.25) is 15.9 Å². The number of nitrogens with one attached hydrogen (secondary N) is 1. The van der Waals surface area contributed by atoms with Gasteiger partial charge < -0.3 is 10.2 Å². The van der Waals surface area contributed by atoms with Crippen LogP contribution >= 0.6 is 0 Å². The Bertz CT molecular complexity index is 857. The fourth-order valence-electron chi connectivity index (χ4n) is 4.44. The number of amides is 1. The molecule has 7 heteroatoms. The SMILES string of the molecule is Cc1cc(C)c(C)c(S(=O)(=O)N2CCC(C(=O)NCC(C)(C)CN(C)C)CC2)c1C. The number of benzene rings is 1. The number of carbonyl (C=O) groups excluding carboxylic acids is 1. The van der Waals surface area contributed by atoms with Crippen molar-refractivity contribution < 1.29 is 13.2 Å². The van der Waals surface area contributed by atoms with Gasteiger partial charge in [0.1, 0.15) is 0 Å². The lowest BCUT2D eigenvalue weighted by Crippen LogP contribution is -2.46. The van der Waals surface area contributed by atoms with Gasteiger partial charge in [-0.3, -0.25) is 4.79 Å². The standard InChI is InChI=1S/C23H39N3O3S/c1-16-13-17(2)19(4)21(18(16)3)30(28,29)26-11-9-20(10-12-26)22(27)24-14-23(5,6)15-25(7)8/h13,20H,9-12,14-15H2,1-8H3,(H,24,27). The van der Waals surface area contributed by atoms with Crippen LogP contribution in [0.25, 0.3) is 0 Å². The van der Waals surface area contributed by atoms with Gasteiger partial charge in [-0.25, -0.2) is 8.42 Å². The molecule has 0 bridgehead atoms. The fourth-order valence-corrected chi connectivity index (χ4v) is 6.48. The lowest BCUT2D eigenvalue weighted by atomic mass is 9.91. The number of hydrogen-bond donors (Lipinski definition) is 1. The van der Waals surface area contributed by atoms with Gasteiger partial charge in [-0.05, 0) is 82.3 Å². The normalized spacial score (nSPS) is 16.8. The summed E-state index contributed by atoms with van der Waals surface area (Å²) < 4.78 is 28.3. The van der Waals surface area contributed by atoms with Crippen LogP contribution in [0.5, 0.6) is 0 Å². The summed E-state index contributed by atoms with van der Waals surface area (Å²) in [5.74, 6) is -0.0920. The summed E-state index contributed by atoms with van der Waals surface area (Å²) in [4.78, 5) is 15.2. The third kappa shape index (κ3) is 5.62. The highest BCUT2D eigenvalue weighted by atomic mass is 32.2. The molecule has 6 nitrogen and oxygen atoms in total. The second-order valence-electron chi connectivity index (χ2n) is 9.89. The van der Waals surface area contributed by atoms with E-state index in [2.05, 4.69) is 24.1 Å². The Labute approximate surface area is 183 Å². The van der Waals surface area contributed by atoms with E-state index in [0.717, 1.165) is 28.8 Å². The zero-order valence-electron chi connectivity index (χ0n) is 19.9. The molecular weight excluding hydrogens is 398 g/mol. The molecule has 0 unspecified atom stereocenters. The molecule has 0 aromatic heterocycles. The molecule has 1 aliphatic heterocycles. The molecule has 1 fully saturated rings. The van der Waals surface area contributed by atoms with Crippen molar-refractivity contribution in [2.45, 2.75) is 59.3 Å². The van der Waals surface area contributed by atoms with Gasteiger partial charge in [-0.15, -0.1) is 0 Å². The number of hydrogen-bond acceptors (Lipinski definition) is 4.